The van der Waals surface area contributed by atoms with E-state index in [9.17, 15) is 13.9 Å². The molecular formula is C13H11F2NO. The number of nitrogens with zero attached hydrogens (tertiary/aromatic N) is 1. The zero-order valence-corrected chi connectivity index (χ0v) is 9.19. The number of aliphatic hydroxyl groups is 1. The fourth-order valence-electron chi connectivity index (χ4n) is 1.61. The first-order valence-electron chi connectivity index (χ1n) is 5.13. The Hall–Kier alpha value is -1.81. The number of aliphatic hydroxyl groups excluding tert-OH is 1. The van der Waals surface area contributed by atoms with Gasteiger partial charge < -0.3 is 5.11 Å². The molecule has 1 unspecified atom stereocenters. The van der Waals surface area contributed by atoms with Gasteiger partial charge in [-0.1, -0.05) is 6.07 Å². The van der Waals surface area contributed by atoms with Crippen molar-refractivity contribution in [3.8, 4) is 0 Å². The molecular weight excluding hydrogens is 224 g/mol. The molecule has 2 rings (SSSR count). The number of benzene rings is 1. The third-order valence-corrected chi connectivity index (χ3v) is 2.50. The van der Waals surface area contributed by atoms with Gasteiger partial charge in [0.05, 0.1) is 0 Å². The SMILES string of the molecule is Cc1cc(C(O)c2ccc(F)c(F)c2)ccn1. The Kier molecular flexibility index (Phi) is 3.15. The highest BCUT2D eigenvalue weighted by Crippen LogP contribution is 2.23. The molecule has 0 spiro atoms. The predicted molar refractivity (Wildman–Crippen MR) is 59.4 cm³/mol. The monoisotopic (exact) mass is 235 g/mol. The van der Waals surface area contributed by atoms with Crippen molar-refractivity contribution in [2.75, 3.05) is 0 Å². The van der Waals surface area contributed by atoms with Crippen molar-refractivity contribution in [1.29, 1.82) is 0 Å². The molecule has 88 valence electrons. The first kappa shape index (κ1) is 11.7. The van der Waals surface area contributed by atoms with Crippen molar-refractivity contribution < 1.29 is 13.9 Å². The Morgan fingerprint density at radius 2 is 1.76 bits per heavy atom. The van der Waals surface area contributed by atoms with Crippen LogP contribution in [0.15, 0.2) is 36.5 Å². The average molecular weight is 235 g/mol. The van der Waals surface area contributed by atoms with E-state index in [2.05, 4.69) is 4.98 Å². The van der Waals surface area contributed by atoms with Crippen LogP contribution in [0.5, 0.6) is 0 Å². The maximum atomic E-state index is 13.0. The molecule has 17 heavy (non-hydrogen) atoms. The van der Waals surface area contributed by atoms with E-state index in [1.54, 1.807) is 25.3 Å². The zero-order chi connectivity index (χ0) is 12.4. The summed E-state index contributed by atoms with van der Waals surface area (Å²) in [4.78, 5) is 4.00. The molecule has 0 aliphatic carbocycles. The number of aryl methyl sites for hydroxylation is 1. The van der Waals surface area contributed by atoms with Crippen LogP contribution in [0.2, 0.25) is 0 Å². The molecule has 0 radical (unpaired) electrons. The van der Waals surface area contributed by atoms with Crippen LogP contribution in [0, 0.1) is 18.6 Å². The number of halogens is 2. The summed E-state index contributed by atoms with van der Waals surface area (Å²) in [5.74, 6) is -1.89. The van der Waals surface area contributed by atoms with Crippen molar-refractivity contribution >= 4 is 0 Å². The molecule has 0 amide bonds. The average Bonchev–Trinajstić information content (AvgIpc) is 2.32. The van der Waals surface area contributed by atoms with Crippen molar-refractivity contribution in [1.82, 2.24) is 4.98 Å². The summed E-state index contributed by atoms with van der Waals surface area (Å²) >= 11 is 0. The fraction of sp³-hybridized carbons (Fsp3) is 0.154. The van der Waals surface area contributed by atoms with Crippen molar-refractivity contribution in [3.05, 3.63) is 65.0 Å². The zero-order valence-electron chi connectivity index (χ0n) is 9.19. The number of aromatic nitrogens is 1. The third-order valence-electron chi connectivity index (χ3n) is 2.50. The second-order valence-electron chi connectivity index (χ2n) is 3.81. The molecule has 1 atom stereocenters. The number of hydrogen-bond acceptors (Lipinski definition) is 2. The predicted octanol–water partition coefficient (Wildman–Crippen LogP) is 2.75. The maximum absolute atomic E-state index is 13.0. The van der Waals surface area contributed by atoms with Gasteiger partial charge in [0.15, 0.2) is 11.6 Å². The van der Waals surface area contributed by atoms with Crippen LogP contribution in [-0.4, -0.2) is 10.1 Å². The molecule has 1 N–H and O–H groups in total. The highest BCUT2D eigenvalue weighted by molar-refractivity contribution is 5.30. The van der Waals surface area contributed by atoms with Gasteiger partial charge in [-0.2, -0.15) is 0 Å². The van der Waals surface area contributed by atoms with Gasteiger partial charge in [0, 0.05) is 11.9 Å². The van der Waals surface area contributed by atoms with Crippen LogP contribution in [-0.2, 0) is 0 Å². The Balaban J connectivity index is 2.36. The number of rotatable bonds is 2. The quantitative estimate of drug-likeness (QED) is 0.868. The summed E-state index contributed by atoms with van der Waals surface area (Å²) in [5, 5.41) is 10.0. The molecule has 0 aliphatic heterocycles. The summed E-state index contributed by atoms with van der Waals surface area (Å²) < 4.78 is 25.8. The Morgan fingerprint density at radius 1 is 1.06 bits per heavy atom. The van der Waals surface area contributed by atoms with Crippen LogP contribution in [0.1, 0.15) is 22.9 Å². The van der Waals surface area contributed by atoms with E-state index in [4.69, 9.17) is 0 Å². The van der Waals surface area contributed by atoms with Gasteiger partial charge in [0.2, 0.25) is 0 Å². The molecule has 0 saturated carbocycles. The second kappa shape index (κ2) is 4.59. The lowest BCUT2D eigenvalue weighted by Gasteiger charge is -2.12. The molecule has 0 fully saturated rings. The van der Waals surface area contributed by atoms with Crippen LogP contribution in [0.4, 0.5) is 8.78 Å². The lowest BCUT2D eigenvalue weighted by molar-refractivity contribution is 0.219. The molecule has 2 aromatic rings. The molecule has 4 heteroatoms. The maximum Gasteiger partial charge on any atom is 0.159 e. The molecule has 1 aromatic heterocycles. The van der Waals surface area contributed by atoms with Gasteiger partial charge in [-0.3, -0.25) is 4.98 Å². The summed E-state index contributed by atoms with van der Waals surface area (Å²) in [6.07, 6.45) is 0.583. The topological polar surface area (TPSA) is 33.1 Å². The number of hydrogen-bond donors (Lipinski definition) is 1. The van der Waals surface area contributed by atoms with Gasteiger partial charge in [-0.25, -0.2) is 8.78 Å². The minimum absolute atomic E-state index is 0.314. The molecule has 0 saturated heterocycles. The normalized spacial score (nSPS) is 12.5. The van der Waals surface area contributed by atoms with Crippen LogP contribution in [0.25, 0.3) is 0 Å². The molecule has 0 bridgehead atoms. The summed E-state index contributed by atoms with van der Waals surface area (Å²) in [6, 6.07) is 6.70. The Bertz CT molecular complexity index is 543. The van der Waals surface area contributed by atoms with E-state index in [0.29, 0.717) is 11.1 Å². The highest BCUT2D eigenvalue weighted by atomic mass is 19.2. The van der Waals surface area contributed by atoms with Gasteiger partial charge >= 0.3 is 0 Å². The minimum Gasteiger partial charge on any atom is -0.384 e. The highest BCUT2D eigenvalue weighted by Gasteiger charge is 2.13. The first-order valence-corrected chi connectivity index (χ1v) is 5.13. The molecule has 1 heterocycles. The Labute approximate surface area is 97.6 Å². The van der Waals surface area contributed by atoms with E-state index in [0.717, 1.165) is 17.8 Å². The van der Waals surface area contributed by atoms with E-state index in [1.165, 1.54) is 6.07 Å². The minimum atomic E-state index is -0.980. The number of pyridine rings is 1. The molecule has 2 nitrogen and oxygen atoms in total. The van der Waals surface area contributed by atoms with E-state index >= 15 is 0 Å². The van der Waals surface area contributed by atoms with E-state index in [-0.39, 0.29) is 0 Å². The second-order valence-corrected chi connectivity index (χ2v) is 3.81. The van der Waals surface area contributed by atoms with E-state index < -0.39 is 17.7 Å². The van der Waals surface area contributed by atoms with Gasteiger partial charge in [0.1, 0.15) is 6.10 Å². The van der Waals surface area contributed by atoms with Crippen molar-refractivity contribution in [2.45, 2.75) is 13.0 Å². The van der Waals surface area contributed by atoms with Crippen LogP contribution >= 0.6 is 0 Å². The summed E-state index contributed by atoms with van der Waals surface area (Å²) in [6.45, 7) is 1.79. The third kappa shape index (κ3) is 2.47. The first-order chi connectivity index (χ1) is 8.08. The van der Waals surface area contributed by atoms with E-state index in [1.807, 2.05) is 0 Å². The molecule has 1 aromatic carbocycles. The van der Waals surface area contributed by atoms with Crippen molar-refractivity contribution in [3.63, 3.8) is 0 Å². The lowest BCUT2D eigenvalue weighted by Crippen LogP contribution is -2.01. The van der Waals surface area contributed by atoms with Crippen LogP contribution < -0.4 is 0 Å². The fourth-order valence-corrected chi connectivity index (χ4v) is 1.61. The van der Waals surface area contributed by atoms with Crippen molar-refractivity contribution in [2.24, 2.45) is 0 Å². The summed E-state index contributed by atoms with van der Waals surface area (Å²) in [7, 11) is 0. The van der Waals surface area contributed by atoms with Gasteiger partial charge in [-0.15, -0.1) is 0 Å². The smallest absolute Gasteiger partial charge is 0.159 e. The van der Waals surface area contributed by atoms with Crippen LogP contribution in [0.3, 0.4) is 0 Å². The Morgan fingerprint density at radius 3 is 2.41 bits per heavy atom. The van der Waals surface area contributed by atoms with Gasteiger partial charge in [0.25, 0.3) is 0 Å². The standard InChI is InChI=1S/C13H11F2NO/c1-8-6-10(4-5-16-8)13(17)9-2-3-11(14)12(15)7-9/h2-7,13,17H,1H3. The van der Waals surface area contributed by atoms with Gasteiger partial charge in [-0.05, 0) is 42.3 Å². The largest absolute Gasteiger partial charge is 0.384 e. The molecule has 0 aliphatic rings. The summed E-state index contributed by atoms with van der Waals surface area (Å²) in [5.41, 5.74) is 1.67. The lowest BCUT2D eigenvalue weighted by atomic mass is 10.0.